The van der Waals surface area contributed by atoms with Crippen LogP contribution in [0, 0.1) is 17.2 Å². The monoisotopic (exact) mass is 487 g/mol. The van der Waals surface area contributed by atoms with E-state index in [4.69, 9.17) is 0 Å². The van der Waals surface area contributed by atoms with E-state index in [1.54, 1.807) is 12.3 Å². The Hall–Kier alpha value is -2.93. The third-order valence-corrected chi connectivity index (χ3v) is 7.51. The number of fused-ring (bicyclic) bond motifs is 1. The van der Waals surface area contributed by atoms with Crippen LogP contribution in [-0.4, -0.2) is 64.9 Å². The molecule has 180 valence electrons. The van der Waals surface area contributed by atoms with Crippen molar-refractivity contribution in [2.45, 2.75) is 44.7 Å². The molecule has 1 aromatic carbocycles. The quantitative estimate of drug-likeness (QED) is 0.612. The molecule has 7 nitrogen and oxygen atoms in total. The van der Waals surface area contributed by atoms with E-state index in [9.17, 15) is 23.6 Å². The van der Waals surface area contributed by atoms with Gasteiger partial charge in [-0.15, -0.1) is 11.8 Å². The van der Waals surface area contributed by atoms with Gasteiger partial charge in [0.2, 0.25) is 12.3 Å². The first-order valence-corrected chi connectivity index (χ1v) is 12.6. The molecule has 0 saturated carbocycles. The van der Waals surface area contributed by atoms with Gasteiger partial charge in [-0.05, 0) is 30.7 Å². The second kappa shape index (κ2) is 10.6. The molecule has 0 bridgehead atoms. The Morgan fingerprint density at radius 3 is 2.91 bits per heavy atom. The number of nitrogens with one attached hydrogen (secondary N) is 1. The second-order valence-electron chi connectivity index (χ2n) is 8.65. The first-order valence-electron chi connectivity index (χ1n) is 11.4. The van der Waals surface area contributed by atoms with E-state index in [1.165, 1.54) is 16.7 Å². The highest BCUT2D eigenvalue weighted by molar-refractivity contribution is 7.99. The van der Waals surface area contributed by atoms with Gasteiger partial charge in [-0.3, -0.25) is 14.6 Å². The maximum Gasteiger partial charge on any atom is 0.252 e. The molecule has 2 saturated heterocycles. The average molecular weight is 488 g/mol. The lowest BCUT2D eigenvalue weighted by Crippen LogP contribution is -2.56. The lowest BCUT2D eigenvalue weighted by Gasteiger charge is -2.50. The fourth-order valence-corrected chi connectivity index (χ4v) is 5.83. The Kier molecular flexibility index (Phi) is 7.51. The average Bonchev–Trinajstić information content (AvgIpc) is 3.31. The summed E-state index contributed by atoms with van der Waals surface area (Å²) in [5.74, 6) is 0.274. The molecule has 4 rings (SSSR count). The minimum atomic E-state index is -2.31. The van der Waals surface area contributed by atoms with E-state index < -0.39 is 18.4 Å². The van der Waals surface area contributed by atoms with Crippen molar-refractivity contribution in [3.8, 4) is 6.07 Å². The number of halogens is 2. The Morgan fingerprint density at radius 2 is 2.18 bits per heavy atom. The van der Waals surface area contributed by atoms with Crippen molar-refractivity contribution in [3.63, 3.8) is 0 Å². The summed E-state index contributed by atoms with van der Waals surface area (Å²) in [4.78, 5) is 33.4. The van der Waals surface area contributed by atoms with E-state index in [2.05, 4.69) is 21.3 Å². The van der Waals surface area contributed by atoms with Gasteiger partial charge in [0.25, 0.3) is 5.91 Å². The van der Waals surface area contributed by atoms with Gasteiger partial charge in [0, 0.05) is 47.9 Å². The first kappa shape index (κ1) is 24.2. The SMILES string of the molecule is CCCC1C(CC(F)F)CN1c1ccc2nccc(C(=O)NCC(=O)N3CSCC3C#N)c2c1. The van der Waals surface area contributed by atoms with Crippen LogP contribution in [0.1, 0.15) is 36.5 Å². The number of nitrogens with zero attached hydrogens (tertiary/aromatic N) is 4. The number of anilines is 1. The minimum Gasteiger partial charge on any atom is -0.368 e. The topological polar surface area (TPSA) is 89.3 Å². The van der Waals surface area contributed by atoms with Gasteiger partial charge in [0.1, 0.15) is 6.04 Å². The summed E-state index contributed by atoms with van der Waals surface area (Å²) in [6, 6.07) is 8.91. The molecule has 10 heteroatoms. The molecule has 3 heterocycles. The molecule has 1 N–H and O–H groups in total. The summed E-state index contributed by atoms with van der Waals surface area (Å²) in [5.41, 5.74) is 1.91. The molecule has 2 amide bonds. The molecule has 3 atom stereocenters. The fraction of sp³-hybridized carbons (Fsp3) is 0.500. The van der Waals surface area contributed by atoms with Gasteiger partial charge in [-0.2, -0.15) is 5.26 Å². The molecule has 0 radical (unpaired) electrons. The maximum atomic E-state index is 13.0. The number of amides is 2. The van der Waals surface area contributed by atoms with Crippen LogP contribution in [0.15, 0.2) is 30.5 Å². The van der Waals surface area contributed by atoms with Crippen molar-refractivity contribution in [2.75, 3.05) is 29.6 Å². The number of pyridine rings is 1. The van der Waals surface area contributed by atoms with Gasteiger partial charge in [-0.1, -0.05) is 13.3 Å². The summed E-state index contributed by atoms with van der Waals surface area (Å²) in [6.45, 7) is 2.41. The molecule has 2 aliphatic heterocycles. The Bertz CT molecular complexity index is 1110. The van der Waals surface area contributed by atoms with Gasteiger partial charge in [0.05, 0.1) is 29.6 Å². The maximum absolute atomic E-state index is 13.0. The number of aromatic nitrogens is 1. The smallest absolute Gasteiger partial charge is 0.252 e. The van der Waals surface area contributed by atoms with Crippen LogP contribution in [0.25, 0.3) is 10.9 Å². The van der Waals surface area contributed by atoms with Crippen LogP contribution in [-0.2, 0) is 4.79 Å². The predicted molar refractivity (Wildman–Crippen MR) is 128 cm³/mol. The molecule has 0 spiro atoms. The lowest BCUT2D eigenvalue weighted by molar-refractivity contribution is -0.129. The zero-order valence-corrected chi connectivity index (χ0v) is 19.7. The highest BCUT2D eigenvalue weighted by Gasteiger charge is 2.39. The molecule has 0 aliphatic carbocycles. The van der Waals surface area contributed by atoms with Crippen molar-refractivity contribution in [3.05, 3.63) is 36.0 Å². The van der Waals surface area contributed by atoms with Gasteiger partial charge in [0.15, 0.2) is 0 Å². The highest BCUT2D eigenvalue weighted by Crippen LogP contribution is 2.38. The normalized spacial score (nSPS) is 22.0. The molecular formula is C24H27F2N5O2S. The van der Waals surface area contributed by atoms with Crippen molar-refractivity contribution in [1.82, 2.24) is 15.2 Å². The van der Waals surface area contributed by atoms with Crippen LogP contribution >= 0.6 is 11.8 Å². The second-order valence-corrected chi connectivity index (χ2v) is 9.65. The first-order chi connectivity index (χ1) is 16.4. The Morgan fingerprint density at radius 1 is 1.35 bits per heavy atom. The van der Waals surface area contributed by atoms with Gasteiger partial charge in [-0.25, -0.2) is 8.78 Å². The highest BCUT2D eigenvalue weighted by atomic mass is 32.2. The van der Waals surface area contributed by atoms with Crippen molar-refractivity contribution in [2.24, 2.45) is 5.92 Å². The lowest BCUT2D eigenvalue weighted by atomic mass is 9.82. The number of carbonyl (C=O) groups is 2. The van der Waals surface area contributed by atoms with E-state index in [-0.39, 0.29) is 30.8 Å². The number of hydrogen-bond donors (Lipinski definition) is 1. The summed E-state index contributed by atoms with van der Waals surface area (Å²) in [6.07, 6.45) is 0.869. The molecule has 34 heavy (non-hydrogen) atoms. The van der Waals surface area contributed by atoms with Crippen molar-refractivity contribution >= 4 is 40.2 Å². The zero-order chi connectivity index (χ0) is 24.2. The van der Waals surface area contributed by atoms with Crippen molar-refractivity contribution < 1.29 is 18.4 Å². The molecule has 1 aromatic heterocycles. The number of nitriles is 1. The molecule has 2 aliphatic rings. The largest absolute Gasteiger partial charge is 0.368 e. The van der Waals surface area contributed by atoms with Crippen LogP contribution in [0.5, 0.6) is 0 Å². The van der Waals surface area contributed by atoms with Crippen LogP contribution in [0.2, 0.25) is 0 Å². The molecular weight excluding hydrogens is 460 g/mol. The van der Waals surface area contributed by atoms with Gasteiger partial charge >= 0.3 is 0 Å². The standard InChI is InChI=1S/C24H27F2N5O2S/c1-2-3-21-15(8-22(25)26)12-30(21)16-4-5-20-19(9-16)18(6-7-28-20)24(33)29-11-23(32)31-14-34-13-17(31)10-27/h4-7,9,15,17,21-22H,2-3,8,11-14H2,1H3,(H,29,33). The van der Waals surface area contributed by atoms with Crippen LogP contribution in [0.3, 0.4) is 0 Å². The number of rotatable bonds is 8. The molecule has 2 aromatic rings. The number of thioether (sulfide) groups is 1. The molecule has 3 unspecified atom stereocenters. The van der Waals surface area contributed by atoms with Crippen LogP contribution < -0.4 is 10.2 Å². The third kappa shape index (κ3) is 4.94. The Balaban J connectivity index is 1.50. The predicted octanol–water partition coefficient (Wildman–Crippen LogP) is 3.65. The van der Waals surface area contributed by atoms with E-state index in [0.717, 1.165) is 18.5 Å². The summed E-state index contributed by atoms with van der Waals surface area (Å²) in [5, 5.41) is 12.5. The number of benzene rings is 1. The summed E-state index contributed by atoms with van der Waals surface area (Å²) < 4.78 is 25.9. The summed E-state index contributed by atoms with van der Waals surface area (Å²) >= 11 is 1.51. The number of alkyl halides is 2. The van der Waals surface area contributed by atoms with Crippen LogP contribution in [0.4, 0.5) is 14.5 Å². The van der Waals surface area contributed by atoms with Crippen molar-refractivity contribution in [1.29, 1.82) is 5.26 Å². The number of hydrogen-bond acceptors (Lipinski definition) is 6. The summed E-state index contributed by atoms with van der Waals surface area (Å²) in [7, 11) is 0. The fourth-order valence-electron chi connectivity index (χ4n) is 4.73. The van der Waals surface area contributed by atoms with E-state index in [1.807, 2.05) is 25.1 Å². The molecule has 2 fully saturated rings. The van der Waals surface area contributed by atoms with E-state index in [0.29, 0.717) is 34.6 Å². The van der Waals surface area contributed by atoms with Gasteiger partial charge < -0.3 is 15.1 Å². The minimum absolute atomic E-state index is 0.0423. The third-order valence-electron chi connectivity index (χ3n) is 6.49. The zero-order valence-electron chi connectivity index (χ0n) is 18.9. The number of carbonyl (C=O) groups excluding carboxylic acids is 2. The Labute approximate surface area is 201 Å². The van der Waals surface area contributed by atoms with E-state index >= 15 is 0 Å².